The van der Waals surface area contributed by atoms with E-state index in [0.717, 1.165) is 12.3 Å². The SMILES string of the molecule is CC(=O)CO[C@H]1C[C@H](C)CC[C@@H]1C(C)C. The van der Waals surface area contributed by atoms with Crippen LogP contribution in [0.25, 0.3) is 0 Å². The maximum atomic E-state index is 10.9. The summed E-state index contributed by atoms with van der Waals surface area (Å²) in [4.78, 5) is 10.9. The number of carbonyl (C=O) groups is 1. The highest BCUT2D eigenvalue weighted by atomic mass is 16.5. The van der Waals surface area contributed by atoms with Crippen molar-refractivity contribution in [2.75, 3.05) is 6.61 Å². The van der Waals surface area contributed by atoms with Crippen molar-refractivity contribution in [2.24, 2.45) is 17.8 Å². The molecule has 1 saturated carbocycles. The van der Waals surface area contributed by atoms with Crippen molar-refractivity contribution < 1.29 is 9.53 Å². The van der Waals surface area contributed by atoms with Gasteiger partial charge in [0.05, 0.1) is 6.10 Å². The zero-order valence-electron chi connectivity index (χ0n) is 10.5. The van der Waals surface area contributed by atoms with Gasteiger partial charge in [0.2, 0.25) is 0 Å². The Morgan fingerprint density at radius 3 is 2.60 bits per heavy atom. The molecule has 0 bridgehead atoms. The minimum absolute atomic E-state index is 0.135. The molecule has 1 rings (SSSR count). The predicted octanol–water partition coefficient (Wildman–Crippen LogP) is 3.05. The van der Waals surface area contributed by atoms with E-state index in [1.165, 1.54) is 12.8 Å². The molecule has 0 aliphatic heterocycles. The Morgan fingerprint density at radius 2 is 2.07 bits per heavy atom. The lowest BCUT2D eigenvalue weighted by Crippen LogP contribution is -2.35. The predicted molar refractivity (Wildman–Crippen MR) is 61.8 cm³/mol. The van der Waals surface area contributed by atoms with Crippen LogP contribution in [0.5, 0.6) is 0 Å². The fourth-order valence-electron chi connectivity index (χ4n) is 2.53. The van der Waals surface area contributed by atoms with Gasteiger partial charge in [-0.2, -0.15) is 0 Å². The third kappa shape index (κ3) is 3.94. The van der Waals surface area contributed by atoms with Gasteiger partial charge >= 0.3 is 0 Å². The quantitative estimate of drug-likeness (QED) is 0.716. The largest absolute Gasteiger partial charge is 0.370 e. The normalized spacial score (nSPS) is 31.9. The molecule has 0 saturated heterocycles. The smallest absolute Gasteiger partial charge is 0.155 e. The minimum Gasteiger partial charge on any atom is -0.370 e. The summed E-state index contributed by atoms with van der Waals surface area (Å²) in [6, 6.07) is 0. The fraction of sp³-hybridized carbons (Fsp3) is 0.923. The Bertz CT molecular complexity index is 211. The van der Waals surface area contributed by atoms with Gasteiger partial charge < -0.3 is 4.74 Å². The van der Waals surface area contributed by atoms with Crippen molar-refractivity contribution >= 4 is 5.78 Å². The molecule has 0 heterocycles. The Labute approximate surface area is 93.4 Å². The zero-order valence-corrected chi connectivity index (χ0v) is 10.5. The second-order valence-corrected chi connectivity index (χ2v) is 5.38. The molecule has 88 valence electrons. The van der Waals surface area contributed by atoms with Crippen LogP contribution >= 0.6 is 0 Å². The molecule has 0 unspecified atom stereocenters. The maximum Gasteiger partial charge on any atom is 0.155 e. The average Bonchev–Trinajstić information content (AvgIpc) is 2.14. The standard InChI is InChI=1S/C13H24O2/c1-9(2)12-6-5-10(3)7-13(12)15-8-11(4)14/h9-10,12-13H,5-8H2,1-4H3/t10-,12-,13+/m1/s1. The van der Waals surface area contributed by atoms with Gasteiger partial charge in [-0.3, -0.25) is 4.79 Å². The third-order valence-corrected chi connectivity index (χ3v) is 3.46. The number of ether oxygens (including phenoxy) is 1. The van der Waals surface area contributed by atoms with E-state index < -0.39 is 0 Å². The molecule has 0 aromatic carbocycles. The molecule has 0 aromatic rings. The molecule has 0 spiro atoms. The van der Waals surface area contributed by atoms with Crippen LogP contribution in [0.4, 0.5) is 0 Å². The highest BCUT2D eigenvalue weighted by Gasteiger charge is 2.31. The molecule has 0 radical (unpaired) electrons. The maximum absolute atomic E-state index is 10.9. The molecule has 0 amide bonds. The Kier molecular flexibility index (Phi) is 4.78. The van der Waals surface area contributed by atoms with E-state index in [1.807, 2.05) is 0 Å². The lowest BCUT2D eigenvalue weighted by atomic mass is 9.75. The van der Waals surface area contributed by atoms with Crippen molar-refractivity contribution in [1.29, 1.82) is 0 Å². The first-order valence-electron chi connectivity index (χ1n) is 6.11. The monoisotopic (exact) mass is 212 g/mol. The van der Waals surface area contributed by atoms with Gasteiger partial charge in [-0.1, -0.05) is 27.2 Å². The van der Waals surface area contributed by atoms with E-state index in [4.69, 9.17) is 4.74 Å². The third-order valence-electron chi connectivity index (χ3n) is 3.46. The van der Waals surface area contributed by atoms with Gasteiger partial charge in [-0.05, 0) is 37.5 Å². The number of hydrogen-bond acceptors (Lipinski definition) is 2. The first-order chi connectivity index (χ1) is 7.00. The van der Waals surface area contributed by atoms with Crippen LogP contribution in [0.2, 0.25) is 0 Å². The zero-order chi connectivity index (χ0) is 11.4. The molecular weight excluding hydrogens is 188 g/mol. The van der Waals surface area contributed by atoms with Gasteiger partial charge in [0.15, 0.2) is 5.78 Å². The van der Waals surface area contributed by atoms with E-state index >= 15 is 0 Å². The van der Waals surface area contributed by atoms with Gasteiger partial charge in [-0.15, -0.1) is 0 Å². The summed E-state index contributed by atoms with van der Waals surface area (Å²) in [7, 11) is 0. The first-order valence-corrected chi connectivity index (χ1v) is 6.11. The molecule has 3 atom stereocenters. The van der Waals surface area contributed by atoms with Gasteiger partial charge in [0, 0.05) is 0 Å². The topological polar surface area (TPSA) is 26.3 Å². The summed E-state index contributed by atoms with van der Waals surface area (Å²) >= 11 is 0. The highest BCUT2D eigenvalue weighted by molar-refractivity contribution is 5.76. The molecule has 2 heteroatoms. The summed E-state index contributed by atoms with van der Waals surface area (Å²) < 4.78 is 5.74. The van der Waals surface area contributed by atoms with Crippen molar-refractivity contribution in [2.45, 2.75) is 53.1 Å². The average molecular weight is 212 g/mol. The second-order valence-electron chi connectivity index (χ2n) is 5.38. The number of Topliss-reactive ketones (excluding diaryl/α,β-unsaturated/α-hetero) is 1. The van der Waals surface area contributed by atoms with Crippen LogP contribution in [-0.2, 0) is 9.53 Å². The van der Waals surface area contributed by atoms with Crippen LogP contribution in [0.3, 0.4) is 0 Å². The molecule has 0 N–H and O–H groups in total. The Balaban J connectivity index is 2.50. The van der Waals surface area contributed by atoms with Crippen molar-refractivity contribution in [3.05, 3.63) is 0 Å². The molecule has 0 aromatic heterocycles. The molecule has 1 aliphatic carbocycles. The lowest BCUT2D eigenvalue weighted by Gasteiger charge is -2.36. The van der Waals surface area contributed by atoms with Gasteiger partial charge in [0.25, 0.3) is 0 Å². The van der Waals surface area contributed by atoms with Crippen LogP contribution in [0.15, 0.2) is 0 Å². The Hall–Kier alpha value is -0.370. The highest BCUT2D eigenvalue weighted by Crippen LogP contribution is 2.35. The van der Waals surface area contributed by atoms with E-state index in [9.17, 15) is 4.79 Å². The van der Waals surface area contributed by atoms with Crippen molar-refractivity contribution in [1.82, 2.24) is 0 Å². The number of ketones is 1. The van der Waals surface area contributed by atoms with Crippen LogP contribution < -0.4 is 0 Å². The van der Waals surface area contributed by atoms with E-state index in [2.05, 4.69) is 20.8 Å². The Morgan fingerprint density at radius 1 is 1.40 bits per heavy atom. The van der Waals surface area contributed by atoms with Crippen LogP contribution in [0.1, 0.15) is 47.0 Å². The van der Waals surface area contributed by atoms with Crippen molar-refractivity contribution in [3.8, 4) is 0 Å². The molecule has 1 aliphatic rings. The number of carbonyl (C=O) groups excluding carboxylic acids is 1. The van der Waals surface area contributed by atoms with E-state index in [1.54, 1.807) is 6.92 Å². The lowest BCUT2D eigenvalue weighted by molar-refractivity contribution is -0.127. The molecule has 1 fully saturated rings. The summed E-state index contributed by atoms with van der Waals surface area (Å²) in [5.41, 5.74) is 0. The fourth-order valence-corrected chi connectivity index (χ4v) is 2.53. The van der Waals surface area contributed by atoms with Gasteiger partial charge in [-0.25, -0.2) is 0 Å². The van der Waals surface area contributed by atoms with Crippen LogP contribution in [-0.4, -0.2) is 18.5 Å². The minimum atomic E-state index is 0.135. The molecule has 15 heavy (non-hydrogen) atoms. The summed E-state index contributed by atoms with van der Waals surface area (Å²) in [5, 5.41) is 0. The second kappa shape index (κ2) is 5.64. The molecular formula is C13H24O2. The summed E-state index contributed by atoms with van der Waals surface area (Å²) in [6.45, 7) is 8.67. The summed E-state index contributed by atoms with van der Waals surface area (Å²) in [5.74, 6) is 2.18. The first kappa shape index (κ1) is 12.7. The van der Waals surface area contributed by atoms with E-state index in [-0.39, 0.29) is 5.78 Å². The number of hydrogen-bond donors (Lipinski definition) is 0. The van der Waals surface area contributed by atoms with Crippen molar-refractivity contribution in [3.63, 3.8) is 0 Å². The summed E-state index contributed by atoms with van der Waals surface area (Å²) in [6.07, 6.45) is 3.98. The van der Waals surface area contributed by atoms with Crippen LogP contribution in [0, 0.1) is 17.8 Å². The van der Waals surface area contributed by atoms with E-state index in [0.29, 0.717) is 24.5 Å². The van der Waals surface area contributed by atoms with Gasteiger partial charge in [0.1, 0.15) is 6.61 Å². The number of rotatable bonds is 4. The molecule has 2 nitrogen and oxygen atoms in total.